The van der Waals surface area contributed by atoms with Crippen LogP contribution in [-0.2, 0) is 16.1 Å². The topological polar surface area (TPSA) is 53.1 Å². The number of hydrogen-bond donors (Lipinski definition) is 0. The number of rotatable bonds is 6. The van der Waals surface area contributed by atoms with Gasteiger partial charge in [-0.15, -0.1) is 0 Å². The molecule has 0 saturated carbocycles. The molecule has 0 aliphatic carbocycles. The Hall–Kier alpha value is -2.29. The van der Waals surface area contributed by atoms with Crippen LogP contribution in [0.15, 0.2) is 18.2 Å². The van der Waals surface area contributed by atoms with Crippen molar-refractivity contribution >= 4 is 17.6 Å². The van der Waals surface area contributed by atoms with E-state index >= 15 is 0 Å². The molecule has 1 spiro atoms. The van der Waals surface area contributed by atoms with Crippen LogP contribution in [0.25, 0.3) is 0 Å². The summed E-state index contributed by atoms with van der Waals surface area (Å²) in [5.41, 5.74) is 3.74. The van der Waals surface area contributed by atoms with Crippen molar-refractivity contribution in [3.05, 3.63) is 29.3 Å². The molecular weight excluding hydrogens is 483 g/mol. The van der Waals surface area contributed by atoms with Gasteiger partial charge in [0.2, 0.25) is 0 Å². The zero-order valence-electron chi connectivity index (χ0n) is 22.3. The average Bonchev–Trinajstić information content (AvgIpc) is 3.21. The number of amides is 1. The van der Waals surface area contributed by atoms with Gasteiger partial charge in [-0.3, -0.25) is 4.90 Å². The number of halogens is 3. The number of carbonyl (C=O) groups is 2. The molecule has 3 heterocycles. The summed E-state index contributed by atoms with van der Waals surface area (Å²) in [6.45, 7) is 9.17. The number of likely N-dealkylation sites (tertiary alicyclic amines) is 2. The van der Waals surface area contributed by atoms with Crippen molar-refractivity contribution in [1.29, 1.82) is 0 Å². The number of ether oxygens (including phenoxy) is 1. The van der Waals surface area contributed by atoms with E-state index < -0.39 is 18.4 Å². The van der Waals surface area contributed by atoms with Crippen LogP contribution in [0.1, 0.15) is 69.9 Å². The van der Waals surface area contributed by atoms with Crippen LogP contribution in [-0.4, -0.2) is 72.2 Å². The van der Waals surface area contributed by atoms with Gasteiger partial charge in [0, 0.05) is 50.4 Å². The van der Waals surface area contributed by atoms with Crippen molar-refractivity contribution < 1.29 is 27.5 Å². The molecule has 1 aromatic rings. The molecule has 4 rings (SSSR count). The van der Waals surface area contributed by atoms with Crippen molar-refractivity contribution in [1.82, 2.24) is 9.80 Å². The summed E-state index contributed by atoms with van der Waals surface area (Å²) >= 11 is 0. The number of aryl methyl sites for hydroxylation is 1. The second-order valence-corrected chi connectivity index (χ2v) is 11.3. The summed E-state index contributed by atoms with van der Waals surface area (Å²) in [6.07, 6.45) is -1.23. The molecule has 0 radical (unpaired) electrons. The number of ketones is 1. The highest BCUT2D eigenvalue weighted by Crippen LogP contribution is 2.41. The minimum atomic E-state index is -4.55. The molecule has 1 unspecified atom stereocenters. The monoisotopic (exact) mass is 523 g/mol. The number of hydrogen-bond acceptors (Lipinski definition) is 5. The molecule has 3 saturated heterocycles. The van der Waals surface area contributed by atoms with Crippen LogP contribution < -0.4 is 4.90 Å². The molecule has 6 nitrogen and oxygen atoms in total. The molecule has 1 atom stereocenters. The standard InChI is InChI=1S/C28H40F3N3O3/c1-20-5-6-24(25(17-20)32-13-7-23(8-14-32)18-21(2)35)19-34-12-4-9-27(34)10-15-33(16-11-27)26(36)37-22(3)28(29,30)31/h5-6,17,22-23H,4,7-16,18-19H2,1-3H3. The fraction of sp³-hybridized carbons (Fsp3) is 0.714. The summed E-state index contributed by atoms with van der Waals surface area (Å²) in [6, 6.07) is 6.65. The SMILES string of the molecule is CC(=O)CC1CCN(c2cc(C)ccc2CN2CCCC23CCN(C(=O)OC(C)C(F)(F)F)CC3)CC1. The predicted octanol–water partition coefficient (Wildman–Crippen LogP) is 5.71. The molecule has 1 amide bonds. The molecule has 0 N–H and O–H groups in total. The first-order valence-corrected chi connectivity index (χ1v) is 13.6. The highest BCUT2D eigenvalue weighted by molar-refractivity contribution is 5.75. The van der Waals surface area contributed by atoms with Crippen LogP contribution in [0, 0.1) is 12.8 Å². The van der Waals surface area contributed by atoms with Gasteiger partial charge < -0.3 is 19.3 Å². The number of piperidine rings is 2. The minimum absolute atomic E-state index is 0.0386. The normalized spacial score (nSPS) is 21.9. The van der Waals surface area contributed by atoms with Gasteiger partial charge in [0.1, 0.15) is 5.78 Å². The van der Waals surface area contributed by atoms with Gasteiger partial charge in [-0.1, -0.05) is 12.1 Å². The van der Waals surface area contributed by atoms with Gasteiger partial charge in [0.15, 0.2) is 6.10 Å². The van der Waals surface area contributed by atoms with Gasteiger partial charge in [0.05, 0.1) is 0 Å². The molecule has 206 valence electrons. The van der Waals surface area contributed by atoms with E-state index in [1.807, 2.05) is 0 Å². The van der Waals surface area contributed by atoms with Crippen LogP contribution in [0.5, 0.6) is 0 Å². The molecule has 9 heteroatoms. The molecular formula is C28H40F3N3O3. The summed E-state index contributed by atoms with van der Waals surface area (Å²) in [4.78, 5) is 30.3. The highest BCUT2D eigenvalue weighted by atomic mass is 19.4. The predicted molar refractivity (Wildman–Crippen MR) is 137 cm³/mol. The van der Waals surface area contributed by atoms with E-state index in [2.05, 4.69) is 39.7 Å². The Morgan fingerprint density at radius 1 is 1.08 bits per heavy atom. The van der Waals surface area contributed by atoms with Crippen LogP contribution >= 0.6 is 0 Å². The van der Waals surface area contributed by atoms with Gasteiger partial charge in [-0.05, 0) is 89.0 Å². The summed E-state index contributed by atoms with van der Waals surface area (Å²) in [7, 11) is 0. The van der Waals surface area contributed by atoms with Gasteiger partial charge >= 0.3 is 12.3 Å². The third-order valence-electron chi connectivity index (χ3n) is 8.57. The Bertz CT molecular complexity index is 967. The lowest BCUT2D eigenvalue weighted by atomic mass is 9.84. The quantitative estimate of drug-likeness (QED) is 0.478. The lowest BCUT2D eigenvalue weighted by Crippen LogP contribution is -2.53. The average molecular weight is 524 g/mol. The first kappa shape index (κ1) is 27.7. The van der Waals surface area contributed by atoms with Gasteiger partial charge in [0.25, 0.3) is 0 Å². The lowest BCUT2D eigenvalue weighted by Gasteiger charge is -2.45. The third-order valence-corrected chi connectivity index (χ3v) is 8.57. The molecule has 0 bridgehead atoms. The van der Waals surface area contributed by atoms with Gasteiger partial charge in [-0.25, -0.2) is 4.79 Å². The highest BCUT2D eigenvalue weighted by Gasteiger charge is 2.45. The van der Waals surface area contributed by atoms with Crippen molar-refractivity contribution in [3.63, 3.8) is 0 Å². The molecule has 3 fully saturated rings. The second-order valence-electron chi connectivity index (χ2n) is 11.3. The maximum absolute atomic E-state index is 12.8. The van der Waals surface area contributed by atoms with Gasteiger partial charge in [-0.2, -0.15) is 13.2 Å². The first-order valence-electron chi connectivity index (χ1n) is 13.6. The Labute approximate surface area is 218 Å². The van der Waals surface area contributed by atoms with Crippen molar-refractivity contribution in [2.45, 2.75) is 90.1 Å². The number of benzene rings is 1. The lowest BCUT2D eigenvalue weighted by molar-refractivity contribution is -0.200. The van der Waals surface area contributed by atoms with Crippen molar-refractivity contribution in [2.75, 3.05) is 37.6 Å². The van der Waals surface area contributed by atoms with E-state index in [0.29, 0.717) is 25.4 Å². The van der Waals surface area contributed by atoms with Crippen LogP contribution in [0.2, 0.25) is 0 Å². The minimum Gasteiger partial charge on any atom is -0.437 e. The fourth-order valence-corrected chi connectivity index (χ4v) is 6.30. The fourth-order valence-electron chi connectivity index (χ4n) is 6.30. The number of alkyl halides is 3. The Kier molecular flexibility index (Phi) is 8.41. The van der Waals surface area contributed by atoms with Crippen LogP contribution in [0.4, 0.5) is 23.7 Å². The smallest absolute Gasteiger partial charge is 0.425 e. The number of nitrogens with zero attached hydrogens (tertiary/aromatic N) is 3. The van der Waals surface area contributed by atoms with E-state index in [4.69, 9.17) is 0 Å². The zero-order chi connectivity index (χ0) is 26.8. The Morgan fingerprint density at radius 3 is 2.38 bits per heavy atom. The largest absolute Gasteiger partial charge is 0.437 e. The summed E-state index contributed by atoms with van der Waals surface area (Å²) in [5, 5.41) is 0. The summed E-state index contributed by atoms with van der Waals surface area (Å²) in [5.74, 6) is 0.739. The Morgan fingerprint density at radius 2 is 1.76 bits per heavy atom. The van der Waals surface area contributed by atoms with Crippen molar-refractivity contribution in [2.24, 2.45) is 5.92 Å². The molecule has 3 aliphatic heterocycles. The molecule has 0 aromatic heterocycles. The first-order chi connectivity index (χ1) is 17.5. The number of carbonyl (C=O) groups excluding carboxylic acids is 2. The van der Waals surface area contributed by atoms with E-state index in [9.17, 15) is 22.8 Å². The van der Waals surface area contributed by atoms with E-state index in [1.165, 1.54) is 21.7 Å². The maximum atomic E-state index is 12.8. The van der Waals surface area contributed by atoms with Crippen LogP contribution in [0.3, 0.4) is 0 Å². The Balaban J connectivity index is 1.40. The molecule has 37 heavy (non-hydrogen) atoms. The maximum Gasteiger partial charge on any atom is 0.425 e. The van der Waals surface area contributed by atoms with E-state index in [0.717, 1.165) is 71.6 Å². The zero-order valence-corrected chi connectivity index (χ0v) is 22.3. The molecule has 3 aliphatic rings. The second kappa shape index (κ2) is 11.2. The summed E-state index contributed by atoms with van der Waals surface area (Å²) < 4.78 is 43.1. The molecule has 1 aromatic carbocycles. The number of anilines is 1. The number of Topliss-reactive ketones (excluding diaryl/α,β-unsaturated/α-hetero) is 1. The van der Waals surface area contributed by atoms with Crippen molar-refractivity contribution in [3.8, 4) is 0 Å². The van der Waals surface area contributed by atoms with E-state index in [-0.39, 0.29) is 11.3 Å². The third kappa shape index (κ3) is 6.59. The van der Waals surface area contributed by atoms with E-state index in [1.54, 1.807) is 6.92 Å².